The van der Waals surface area contributed by atoms with Gasteiger partial charge < -0.3 is 5.32 Å². The predicted octanol–water partition coefficient (Wildman–Crippen LogP) is 5.73. The average Bonchev–Trinajstić information content (AvgIpc) is 3.17. The first-order chi connectivity index (χ1) is 15.6. The van der Waals surface area contributed by atoms with E-state index in [-0.39, 0.29) is 12.3 Å². The van der Waals surface area contributed by atoms with E-state index in [1.807, 2.05) is 18.2 Å². The summed E-state index contributed by atoms with van der Waals surface area (Å²) in [7, 11) is 0. The molecular formula is C25H22N4OS2. The predicted molar refractivity (Wildman–Crippen MR) is 129 cm³/mol. The fourth-order valence-corrected chi connectivity index (χ4v) is 6.05. The van der Waals surface area contributed by atoms with E-state index >= 15 is 0 Å². The summed E-state index contributed by atoms with van der Waals surface area (Å²) in [6.45, 7) is 2.09. The second-order valence-electron chi connectivity index (χ2n) is 7.55. The number of benzene rings is 1. The maximum atomic E-state index is 12.6. The van der Waals surface area contributed by atoms with Gasteiger partial charge >= 0.3 is 0 Å². The van der Waals surface area contributed by atoms with Crippen LogP contribution in [0.1, 0.15) is 47.7 Å². The summed E-state index contributed by atoms with van der Waals surface area (Å²) in [4.78, 5) is 18.3. The third-order valence-electron chi connectivity index (χ3n) is 5.39. The van der Waals surface area contributed by atoms with Crippen molar-refractivity contribution in [2.75, 3.05) is 11.1 Å². The Morgan fingerprint density at radius 1 is 1.19 bits per heavy atom. The van der Waals surface area contributed by atoms with Crippen LogP contribution in [-0.4, -0.2) is 16.6 Å². The third-order valence-corrected chi connectivity index (χ3v) is 7.56. The van der Waals surface area contributed by atoms with Crippen molar-refractivity contribution in [1.29, 1.82) is 10.5 Å². The van der Waals surface area contributed by atoms with E-state index in [0.29, 0.717) is 26.9 Å². The molecule has 2 aromatic heterocycles. The molecule has 0 aliphatic heterocycles. The summed E-state index contributed by atoms with van der Waals surface area (Å²) >= 11 is 2.91. The van der Waals surface area contributed by atoms with Crippen molar-refractivity contribution in [2.24, 2.45) is 0 Å². The van der Waals surface area contributed by atoms with E-state index in [4.69, 9.17) is 0 Å². The number of amides is 1. The molecule has 1 aliphatic rings. The molecule has 3 aromatic rings. The molecule has 0 saturated heterocycles. The Labute approximate surface area is 196 Å². The van der Waals surface area contributed by atoms with Gasteiger partial charge in [0.05, 0.1) is 11.1 Å². The monoisotopic (exact) mass is 458 g/mol. The molecule has 1 aromatic carbocycles. The lowest BCUT2D eigenvalue weighted by atomic mass is 9.90. The summed E-state index contributed by atoms with van der Waals surface area (Å²) in [5.41, 5.74) is 5.56. The number of thioether (sulfide) groups is 1. The first-order valence-electron chi connectivity index (χ1n) is 10.6. The molecule has 0 radical (unpaired) electrons. The van der Waals surface area contributed by atoms with Crippen molar-refractivity contribution in [3.63, 3.8) is 0 Å². The minimum Gasteiger partial charge on any atom is -0.317 e. The molecule has 0 bridgehead atoms. The lowest BCUT2D eigenvalue weighted by molar-refractivity contribution is -0.115. The zero-order chi connectivity index (χ0) is 22.5. The maximum absolute atomic E-state index is 12.6. The van der Waals surface area contributed by atoms with Crippen molar-refractivity contribution < 1.29 is 4.79 Å². The molecule has 1 aliphatic carbocycles. The second kappa shape index (κ2) is 9.99. The number of carbonyl (C=O) groups is 1. The second-order valence-corrected chi connectivity index (χ2v) is 9.65. The number of fused-ring (bicyclic) bond motifs is 3. The van der Waals surface area contributed by atoms with Gasteiger partial charge in [-0.2, -0.15) is 10.5 Å². The molecule has 1 N–H and O–H groups in total. The highest BCUT2D eigenvalue weighted by Gasteiger charge is 2.25. The van der Waals surface area contributed by atoms with Gasteiger partial charge in [0.15, 0.2) is 0 Å². The Kier molecular flexibility index (Phi) is 6.90. The van der Waals surface area contributed by atoms with Crippen LogP contribution < -0.4 is 5.32 Å². The van der Waals surface area contributed by atoms with Crippen LogP contribution in [0.25, 0.3) is 10.4 Å². The van der Waals surface area contributed by atoms with Crippen LogP contribution in [0.2, 0.25) is 0 Å². The molecule has 1 amide bonds. The summed E-state index contributed by atoms with van der Waals surface area (Å²) in [6, 6.07) is 16.4. The first kappa shape index (κ1) is 22.1. The van der Waals surface area contributed by atoms with Crippen LogP contribution >= 0.6 is 23.1 Å². The number of carbonyl (C=O) groups excluding carboxylic acids is 1. The zero-order valence-electron chi connectivity index (χ0n) is 17.8. The smallest absolute Gasteiger partial charge is 0.225 e. The quantitative estimate of drug-likeness (QED) is 0.457. The SMILES string of the molecule is CCCc1ccc(C#N)c(SCCC(=O)Nc2sc3c(c2C#N)CCc2ccccc2-3)n1. The standard InChI is InChI=1S/C25H22N4OS2/c1-2-5-18-10-8-17(14-26)24(28-18)31-13-12-22(30)29-25-21(15-27)20-11-9-16-6-3-4-7-19(16)23(20)32-25/h3-4,6-8,10H,2,5,9,11-13H2,1H3,(H,29,30). The highest BCUT2D eigenvalue weighted by molar-refractivity contribution is 7.99. The number of hydrogen-bond acceptors (Lipinski definition) is 6. The Morgan fingerprint density at radius 2 is 2.03 bits per heavy atom. The highest BCUT2D eigenvalue weighted by Crippen LogP contribution is 2.44. The number of thiophene rings is 1. The molecule has 0 unspecified atom stereocenters. The molecule has 7 heteroatoms. The normalized spacial score (nSPS) is 11.7. The van der Waals surface area contributed by atoms with E-state index in [1.165, 1.54) is 28.7 Å². The number of aryl methyl sites for hydroxylation is 2. The van der Waals surface area contributed by atoms with Crippen molar-refractivity contribution in [3.8, 4) is 22.6 Å². The van der Waals surface area contributed by atoms with Gasteiger partial charge in [-0.3, -0.25) is 4.79 Å². The van der Waals surface area contributed by atoms with E-state index in [0.717, 1.165) is 47.4 Å². The molecule has 2 heterocycles. The molecule has 160 valence electrons. The molecule has 0 atom stereocenters. The van der Waals surface area contributed by atoms with E-state index in [1.54, 1.807) is 6.07 Å². The molecule has 0 spiro atoms. The molecule has 0 saturated carbocycles. The number of hydrogen-bond donors (Lipinski definition) is 1. The molecule has 0 fully saturated rings. The van der Waals surface area contributed by atoms with Crippen LogP contribution in [0.4, 0.5) is 5.00 Å². The van der Waals surface area contributed by atoms with Gasteiger partial charge in [-0.1, -0.05) is 37.6 Å². The molecular weight excluding hydrogens is 436 g/mol. The maximum Gasteiger partial charge on any atom is 0.225 e. The van der Waals surface area contributed by atoms with E-state index in [9.17, 15) is 15.3 Å². The number of nitrogens with one attached hydrogen (secondary N) is 1. The van der Waals surface area contributed by atoms with Gasteiger partial charge in [0.2, 0.25) is 5.91 Å². The number of anilines is 1. The lowest BCUT2D eigenvalue weighted by Crippen LogP contribution is -2.12. The van der Waals surface area contributed by atoms with Crippen LogP contribution in [0.5, 0.6) is 0 Å². The Balaban J connectivity index is 1.44. The Hall–Kier alpha value is -3.13. The minimum atomic E-state index is -0.135. The molecule has 4 rings (SSSR count). The van der Waals surface area contributed by atoms with Crippen LogP contribution in [0.3, 0.4) is 0 Å². The van der Waals surface area contributed by atoms with E-state index < -0.39 is 0 Å². The Morgan fingerprint density at radius 3 is 2.81 bits per heavy atom. The fraction of sp³-hybridized carbons (Fsp3) is 0.280. The van der Waals surface area contributed by atoms with E-state index in [2.05, 4.69) is 41.5 Å². The minimum absolute atomic E-state index is 0.135. The van der Waals surface area contributed by atoms with Crippen molar-refractivity contribution in [2.45, 2.75) is 44.1 Å². The van der Waals surface area contributed by atoms with Crippen molar-refractivity contribution in [1.82, 2.24) is 4.98 Å². The summed E-state index contributed by atoms with van der Waals surface area (Å²) in [6.07, 6.45) is 3.85. The van der Waals surface area contributed by atoms with Crippen molar-refractivity contribution in [3.05, 3.63) is 64.3 Å². The number of nitrogens with zero attached hydrogens (tertiary/aromatic N) is 3. The van der Waals surface area contributed by atoms with Gasteiger partial charge in [-0.15, -0.1) is 23.1 Å². The molecule has 32 heavy (non-hydrogen) atoms. The average molecular weight is 459 g/mol. The lowest BCUT2D eigenvalue weighted by Gasteiger charge is -2.15. The van der Waals surface area contributed by atoms with Gasteiger partial charge in [0, 0.05) is 22.7 Å². The summed E-state index contributed by atoms with van der Waals surface area (Å²) in [5.74, 6) is 0.378. The number of pyridine rings is 1. The topological polar surface area (TPSA) is 89.6 Å². The van der Waals surface area contributed by atoms with Crippen LogP contribution in [0, 0.1) is 22.7 Å². The molecule has 5 nitrogen and oxygen atoms in total. The Bertz CT molecular complexity index is 1250. The zero-order valence-corrected chi connectivity index (χ0v) is 19.4. The number of nitriles is 2. The van der Waals surface area contributed by atoms with Gasteiger partial charge in [-0.05, 0) is 48.1 Å². The summed E-state index contributed by atoms with van der Waals surface area (Å²) in [5, 5.41) is 23.3. The third kappa shape index (κ3) is 4.55. The van der Waals surface area contributed by atoms with Crippen molar-refractivity contribution >= 4 is 34.0 Å². The largest absolute Gasteiger partial charge is 0.317 e. The fourth-order valence-electron chi connectivity index (χ4n) is 3.85. The van der Waals surface area contributed by atoms with Crippen LogP contribution in [-0.2, 0) is 24.1 Å². The number of rotatable bonds is 7. The van der Waals surface area contributed by atoms with Gasteiger partial charge in [0.25, 0.3) is 0 Å². The van der Waals surface area contributed by atoms with Gasteiger partial charge in [0.1, 0.15) is 22.2 Å². The van der Waals surface area contributed by atoms with Gasteiger partial charge in [-0.25, -0.2) is 4.98 Å². The first-order valence-corrected chi connectivity index (χ1v) is 12.4. The highest BCUT2D eigenvalue weighted by atomic mass is 32.2. The number of aromatic nitrogens is 1. The summed E-state index contributed by atoms with van der Waals surface area (Å²) < 4.78 is 0. The van der Waals surface area contributed by atoms with Crippen LogP contribution in [0.15, 0.2) is 41.4 Å².